The van der Waals surface area contributed by atoms with Crippen molar-refractivity contribution >= 4 is 22.8 Å². The SMILES string of the molecule is N#CC(=CC1CCOCC1)C(=O)N1CCC[C@@H](n2nc(-c3ccc(Oc4ccccc4)cc3F)c3c(N)ncnc32)C1. The number of fused-ring (bicyclic) bond motifs is 1. The van der Waals surface area contributed by atoms with Crippen molar-refractivity contribution in [3.05, 3.63) is 72.3 Å². The summed E-state index contributed by atoms with van der Waals surface area (Å²) in [4.78, 5) is 23.7. The number of carbonyl (C=O) groups excluding carboxylic acids is 1. The minimum Gasteiger partial charge on any atom is -0.457 e. The standard InChI is InChI=1S/C31H30FN7O3/c32-26-16-24(42-23-6-2-1-3-7-23)8-9-25(26)28-27-29(34)35-19-36-30(27)39(37-28)22-5-4-12-38(18-22)31(40)21(17-33)15-20-10-13-41-14-11-20/h1-3,6-9,15-16,19-20,22H,4-5,10-14,18H2,(H2,34,35,36)/t22-/m1/s1. The lowest BCUT2D eigenvalue weighted by atomic mass is 9.96. The van der Waals surface area contributed by atoms with E-state index < -0.39 is 5.82 Å². The lowest BCUT2D eigenvalue weighted by Gasteiger charge is -2.33. The number of hydrogen-bond acceptors (Lipinski definition) is 8. The molecule has 4 heterocycles. The highest BCUT2D eigenvalue weighted by Crippen LogP contribution is 2.36. The summed E-state index contributed by atoms with van der Waals surface area (Å²) < 4.78 is 28.4. The molecule has 0 bridgehead atoms. The van der Waals surface area contributed by atoms with E-state index in [2.05, 4.69) is 16.0 Å². The van der Waals surface area contributed by atoms with Gasteiger partial charge in [0.05, 0.1) is 11.4 Å². The number of carbonyl (C=O) groups is 1. The van der Waals surface area contributed by atoms with Gasteiger partial charge in [0.25, 0.3) is 5.91 Å². The molecule has 11 heteroatoms. The molecule has 2 aliphatic heterocycles. The molecule has 0 spiro atoms. The van der Waals surface area contributed by atoms with Crippen LogP contribution in [0.2, 0.25) is 0 Å². The maximum Gasteiger partial charge on any atom is 0.264 e. The maximum atomic E-state index is 15.5. The normalized spacial score (nSPS) is 18.1. The predicted molar refractivity (Wildman–Crippen MR) is 154 cm³/mol. The number of para-hydroxylation sites is 1. The average Bonchev–Trinajstić information content (AvgIpc) is 3.41. The predicted octanol–water partition coefficient (Wildman–Crippen LogP) is 5.05. The van der Waals surface area contributed by atoms with Crippen LogP contribution in [-0.4, -0.2) is 56.9 Å². The molecule has 2 aromatic carbocycles. The van der Waals surface area contributed by atoms with Crippen molar-refractivity contribution in [1.82, 2.24) is 24.6 Å². The molecule has 2 fully saturated rings. The molecular formula is C31H30FN7O3. The van der Waals surface area contributed by atoms with Crippen LogP contribution in [0.1, 0.15) is 31.7 Å². The van der Waals surface area contributed by atoms with E-state index in [1.807, 2.05) is 18.2 Å². The Morgan fingerprint density at radius 2 is 1.93 bits per heavy atom. The first-order valence-electron chi connectivity index (χ1n) is 14.0. The van der Waals surface area contributed by atoms with Crippen LogP contribution in [0.5, 0.6) is 11.5 Å². The van der Waals surface area contributed by atoms with E-state index in [0.29, 0.717) is 61.0 Å². The van der Waals surface area contributed by atoms with Crippen molar-refractivity contribution in [3.63, 3.8) is 0 Å². The number of aromatic nitrogens is 4. The molecule has 2 aliphatic rings. The van der Waals surface area contributed by atoms with Gasteiger partial charge in [-0.2, -0.15) is 10.4 Å². The molecule has 0 saturated carbocycles. The molecule has 0 radical (unpaired) electrons. The highest BCUT2D eigenvalue weighted by Gasteiger charge is 2.31. The minimum atomic E-state index is -0.532. The number of halogens is 1. The van der Waals surface area contributed by atoms with E-state index in [1.165, 1.54) is 12.4 Å². The van der Waals surface area contributed by atoms with Gasteiger partial charge >= 0.3 is 0 Å². The summed E-state index contributed by atoms with van der Waals surface area (Å²) in [6, 6.07) is 15.6. The van der Waals surface area contributed by atoms with Crippen LogP contribution in [0.15, 0.2) is 66.5 Å². The molecule has 2 saturated heterocycles. The van der Waals surface area contributed by atoms with Crippen LogP contribution in [0.3, 0.4) is 0 Å². The zero-order valence-electron chi connectivity index (χ0n) is 22.9. The lowest BCUT2D eigenvalue weighted by Crippen LogP contribution is -2.41. The minimum absolute atomic E-state index is 0.148. The molecule has 1 amide bonds. The number of benzene rings is 2. The number of nitriles is 1. The van der Waals surface area contributed by atoms with E-state index in [9.17, 15) is 10.1 Å². The van der Waals surface area contributed by atoms with Gasteiger partial charge in [-0.3, -0.25) is 4.79 Å². The third kappa shape index (κ3) is 5.53. The fourth-order valence-corrected chi connectivity index (χ4v) is 5.60. The number of piperidine rings is 1. The Morgan fingerprint density at radius 3 is 2.69 bits per heavy atom. The Morgan fingerprint density at radius 1 is 1.12 bits per heavy atom. The average molecular weight is 568 g/mol. The molecule has 1 atom stereocenters. The highest BCUT2D eigenvalue weighted by atomic mass is 19.1. The van der Waals surface area contributed by atoms with Crippen LogP contribution < -0.4 is 10.5 Å². The third-order valence-electron chi connectivity index (χ3n) is 7.74. The van der Waals surface area contributed by atoms with Gasteiger partial charge < -0.3 is 20.1 Å². The van der Waals surface area contributed by atoms with E-state index in [0.717, 1.165) is 19.3 Å². The first-order chi connectivity index (χ1) is 20.5. The second-order valence-electron chi connectivity index (χ2n) is 10.5. The first-order valence-corrected chi connectivity index (χ1v) is 14.0. The Balaban J connectivity index is 1.29. The summed E-state index contributed by atoms with van der Waals surface area (Å²) in [7, 11) is 0. The first kappa shape index (κ1) is 27.4. The van der Waals surface area contributed by atoms with E-state index >= 15 is 4.39 Å². The van der Waals surface area contributed by atoms with Crippen molar-refractivity contribution < 1.29 is 18.7 Å². The lowest BCUT2D eigenvalue weighted by molar-refractivity contribution is -0.128. The summed E-state index contributed by atoms with van der Waals surface area (Å²) in [6.07, 6.45) is 6.16. The molecule has 214 valence electrons. The van der Waals surface area contributed by atoms with Gasteiger partial charge in [0, 0.05) is 37.9 Å². The Hall–Kier alpha value is -4.82. The van der Waals surface area contributed by atoms with Crippen molar-refractivity contribution in [3.8, 4) is 28.8 Å². The quantitative estimate of drug-likeness (QED) is 0.253. The Kier molecular flexibility index (Phi) is 7.79. The molecule has 6 rings (SSSR count). The zero-order valence-corrected chi connectivity index (χ0v) is 22.9. The summed E-state index contributed by atoms with van der Waals surface area (Å²) in [5, 5.41) is 15.0. The number of rotatable bonds is 6. The largest absolute Gasteiger partial charge is 0.457 e. The monoisotopic (exact) mass is 567 g/mol. The van der Waals surface area contributed by atoms with Crippen molar-refractivity contribution in [1.29, 1.82) is 5.26 Å². The van der Waals surface area contributed by atoms with E-state index in [-0.39, 0.29) is 34.8 Å². The van der Waals surface area contributed by atoms with Gasteiger partial charge in [0.1, 0.15) is 46.8 Å². The van der Waals surface area contributed by atoms with Gasteiger partial charge in [-0.05, 0) is 55.9 Å². The molecule has 2 aromatic heterocycles. The topological polar surface area (TPSA) is 132 Å². The fourth-order valence-electron chi connectivity index (χ4n) is 5.60. The number of nitrogens with zero attached hydrogens (tertiary/aromatic N) is 6. The number of amides is 1. The van der Waals surface area contributed by atoms with Crippen molar-refractivity contribution in [2.24, 2.45) is 5.92 Å². The van der Waals surface area contributed by atoms with Gasteiger partial charge in [-0.1, -0.05) is 24.3 Å². The number of likely N-dealkylation sites (tertiary alicyclic amines) is 1. The van der Waals surface area contributed by atoms with Gasteiger partial charge in [0.15, 0.2) is 5.65 Å². The number of ether oxygens (including phenoxy) is 2. The van der Waals surface area contributed by atoms with E-state index in [4.69, 9.17) is 20.3 Å². The van der Waals surface area contributed by atoms with Crippen LogP contribution in [0.25, 0.3) is 22.3 Å². The van der Waals surface area contributed by atoms with Crippen LogP contribution in [0.4, 0.5) is 10.2 Å². The molecule has 2 N–H and O–H groups in total. The zero-order chi connectivity index (χ0) is 29.1. The van der Waals surface area contributed by atoms with Crippen LogP contribution in [-0.2, 0) is 9.53 Å². The molecular weight excluding hydrogens is 537 g/mol. The summed E-state index contributed by atoms with van der Waals surface area (Å²) in [5.41, 5.74) is 7.43. The maximum absolute atomic E-state index is 15.5. The number of allylic oxidation sites excluding steroid dienone is 1. The smallest absolute Gasteiger partial charge is 0.264 e. The summed E-state index contributed by atoms with van der Waals surface area (Å²) in [5.74, 6) is 0.444. The number of hydrogen-bond donors (Lipinski definition) is 1. The van der Waals surface area contributed by atoms with E-state index in [1.54, 1.807) is 39.9 Å². The van der Waals surface area contributed by atoms with Gasteiger partial charge in [-0.25, -0.2) is 19.0 Å². The third-order valence-corrected chi connectivity index (χ3v) is 7.74. The second kappa shape index (κ2) is 12.0. The summed E-state index contributed by atoms with van der Waals surface area (Å²) >= 11 is 0. The van der Waals surface area contributed by atoms with Gasteiger partial charge in [0.2, 0.25) is 0 Å². The van der Waals surface area contributed by atoms with Crippen LogP contribution >= 0.6 is 0 Å². The Bertz CT molecular complexity index is 1680. The van der Waals surface area contributed by atoms with Crippen LogP contribution in [0, 0.1) is 23.1 Å². The molecule has 4 aromatic rings. The Labute approximate surface area is 242 Å². The number of nitrogens with two attached hydrogens (primary N) is 1. The van der Waals surface area contributed by atoms with Crippen molar-refractivity contribution in [2.75, 3.05) is 32.0 Å². The van der Waals surface area contributed by atoms with Crippen molar-refractivity contribution in [2.45, 2.75) is 31.7 Å². The summed E-state index contributed by atoms with van der Waals surface area (Å²) in [6.45, 7) is 2.12. The number of anilines is 1. The molecule has 0 aliphatic carbocycles. The second-order valence-corrected chi connectivity index (χ2v) is 10.5. The molecule has 42 heavy (non-hydrogen) atoms. The fraction of sp³-hybridized carbons (Fsp3) is 0.323. The number of nitrogen functional groups attached to an aromatic ring is 1. The molecule has 0 unspecified atom stereocenters. The van der Waals surface area contributed by atoms with Gasteiger partial charge in [-0.15, -0.1) is 0 Å². The highest BCUT2D eigenvalue weighted by molar-refractivity contribution is 5.99. The molecule has 10 nitrogen and oxygen atoms in total.